The van der Waals surface area contributed by atoms with E-state index in [1.165, 1.54) is 17.0 Å². The number of imide groups is 1. The molecule has 0 saturated heterocycles. The van der Waals surface area contributed by atoms with E-state index in [1.54, 1.807) is 54.8 Å². The highest BCUT2D eigenvalue weighted by atomic mass is 19.4. The molecule has 34 heavy (non-hydrogen) atoms. The molecular weight excluding hydrogens is 443 g/mol. The lowest BCUT2D eigenvalue weighted by Gasteiger charge is -2.36. The molecule has 5 nitrogen and oxygen atoms in total. The van der Waals surface area contributed by atoms with Gasteiger partial charge >= 0.3 is 6.18 Å². The molecule has 2 heterocycles. The van der Waals surface area contributed by atoms with Gasteiger partial charge in [0.1, 0.15) is 11.9 Å². The number of para-hydroxylation sites is 2. The molecule has 4 aromatic rings. The van der Waals surface area contributed by atoms with Crippen LogP contribution in [-0.2, 0) is 11.0 Å². The van der Waals surface area contributed by atoms with Crippen molar-refractivity contribution in [2.24, 2.45) is 0 Å². The van der Waals surface area contributed by atoms with E-state index in [9.17, 15) is 22.8 Å². The van der Waals surface area contributed by atoms with E-state index in [-0.39, 0.29) is 11.9 Å². The second-order valence-electron chi connectivity index (χ2n) is 8.47. The summed E-state index contributed by atoms with van der Waals surface area (Å²) >= 11 is 0. The van der Waals surface area contributed by atoms with Crippen molar-refractivity contribution < 1.29 is 22.8 Å². The standard InChI is InChI=1S/C26H20F3N3O2/c1-15(2)31-24(33)19-8-4-3-7-18(19)22(25(31)34)32-21-10-6-5-9-20(21)30-23(32)16-11-13-17(14-12-16)26(27,28)29/h3-15,22H,1-2H3. The highest BCUT2D eigenvalue weighted by molar-refractivity contribution is 6.12. The summed E-state index contributed by atoms with van der Waals surface area (Å²) < 4.78 is 41.1. The highest BCUT2D eigenvalue weighted by Crippen LogP contribution is 2.38. The number of halogens is 3. The normalized spacial score (nSPS) is 16.4. The first kappa shape index (κ1) is 21.9. The highest BCUT2D eigenvalue weighted by Gasteiger charge is 2.42. The zero-order chi connectivity index (χ0) is 24.2. The smallest absolute Gasteiger partial charge is 0.307 e. The fourth-order valence-electron chi connectivity index (χ4n) is 4.48. The van der Waals surface area contributed by atoms with Gasteiger partial charge in [-0.2, -0.15) is 13.2 Å². The first-order valence-electron chi connectivity index (χ1n) is 10.8. The monoisotopic (exact) mass is 463 g/mol. The Kier molecular flexibility index (Phi) is 5.04. The number of aromatic nitrogens is 2. The summed E-state index contributed by atoms with van der Waals surface area (Å²) in [6.07, 6.45) is -4.46. The van der Waals surface area contributed by atoms with E-state index in [1.807, 2.05) is 12.1 Å². The fraction of sp³-hybridized carbons (Fsp3) is 0.192. The summed E-state index contributed by atoms with van der Waals surface area (Å²) in [5, 5.41) is 0. The molecule has 1 aliphatic heterocycles. The van der Waals surface area contributed by atoms with Gasteiger partial charge in [0.25, 0.3) is 11.8 Å². The van der Waals surface area contributed by atoms with E-state index in [0.29, 0.717) is 33.5 Å². The Balaban J connectivity index is 1.78. The molecule has 2 amide bonds. The Morgan fingerprint density at radius 1 is 0.882 bits per heavy atom. The molecule has 172 valence electrons. The molecule has 0 spiro atoms. The van der Waals surface area contributed by atoms with Gasteiger partial charge in [-0.3, -0.25) is 14.5 Å². The summed E-state index contributed by atoms with van der Waals surface area (Å²) in [5.74, 6) is -0.427. The molecule has 1 aliphatic rings. The van der Waals surface area contributed by atoms with Crippen LogP contribution in [0.1, 0.15) is 41.4 Å². The average Bonchev–Trinajstić information content (AvgIpc) is 3.18. The predicted octanol–water partition coefficient (Wildman–Crippen LogP) is 5.70. The van der Waals surface area contributed by atoms with Gasteiger partial charge in [-0.25, -0.2) is 4.98 Å². The minimum atomic E-state index is -4.46. The summed E-state index contributed by atoms with van der Waals surface area (Å²) in [6, 6.07) is 17.5. The molecule has 1 atom stereocenters. The third kappa shape index (κ3) is 3.37. The molecule has 0 bridgehead atoms. The van der Waals surface area contributed by atoms with Crippen LogP contribution in [0.25, 0.3) is 22.4 Å². The number of imidazole rings is 1. The van der Waals surface area contributed by atoms with Crippen molar-refractivity contribution in [1.29, 1.82) is 0 Å². The van der Waals surface area contributed by atoms with Gasteiger partial charge in [0, 0.05) is 17.2 Å². The maximum absolute atomic E-state index is 13.8. The number of nitrogens with zero attached hydrogens (tertiary/aromatic N) is 3. The van der Waals surface area contributed by atoms with Crippen molar-refractivity contribution >= 4 is 22.8 Å². The number of carbonyl (C=O) groups excluding carboxylic acids is 2. The van der Waals surface area contributed by atoms with Crippen LogP contribution >= 0.6 is 0 Å². The average molecular weight is 463 g/mol. The maximum Gasteiger partial charge on any atom is 0.416 e. The van der Waals surface area contributed by atoms with Crippen molar-refractivity contribution in [2.45, 2.75) is 32.1 Å². The van der Waals surface area contributed by atoms with E-state index in [2.05, 4.69) is 4.98 Å². The zero-order valence-electron chi connectivity index (χ0n) is 18.4. The lowest BCUT2D eigenvalue weighted by Crippen LogP contribution is -2.50. The third-order valence-electron chi connectivity index (χ3n) is 6.02. The van der Waals surface area contributed by atoms with Crippen molar-refractivity contribution in [3.05, 3.63) is 89.5 Å². The second-order valence-corrected chi connectivity index (χ2v) is 8.47. The summed E-state index contributed by atoms with van der Waals surface area (Å²) in [6.45, 7) is 3.53. The summed E-state index contributed by atoms with van der Waals surface area (Å²) in [4.78, 5) is 32.8. The van der Waals surface area contributed by atoms with Gasteiger partial charge in [0.05, 0.1) is 16.6 Å². The van der Waals surface area contributed by atoms with Crippen LogP contribution in [0.2, 0.25) is 0 Å². The number of hydrogen-bond donors (Lipinski definition) is 0. The predicted molar refractivity (Wildman–Crippen MR) is 121 cm³/mol. The molecule has 3 aromatic carbocycles. The Hall–Kier alpha value is -3.94. The lowest BCUT2D eigenvalue weighted by molar-refractivity contribution is -0.137. The third-order valence-corrected chi connectivity index (χ3v) is 6.02. The van der Waals surface area contributed by atoms with Crippen LogP contribution in [0.5, 0.6) is 0 Å². The Labute approximate surface area is 193 Å². The topological polar surface area (TPSA) is 55.2 Å². The minimum Gasteiger partial charge on any atom is -0.307 e. The van der Waals surface area contributed by atoms with Crippen molar-refractivity contribution in [3.8, 4) is 11.4 Å². The second kappa shape index (κ2) is 7.83. The first-order chi connectivity index (χ1) is 16.2. The van der Waals surface area contributed by atoms with E-state index >= 15 is 0 Å². The molecule has 5 rings (SSSR count). The fourth-order valence-corrected chi connectivity index (χ4v) is 4.48. The van der Waals surface area contributed by atoms with Gasteiger partial charge in [0.15, 0.2) is 0 Å². The van der Waals surface area contributed by atoms with E-state index in [4.69, 9.17) is 0 Å². The number of amides is 2. The maximum atomic E-state index is 13.8. The van der Waals surface area contributed by atoms with Crippen molar-refractivity contribution in [2.75, 3.05) is 0 Å². The van der Waals surface area contributed by atoms with Crippen LogP contribution in [0.4, 0.5) is 13.2 Å². The number of fused-ring (bicyclic) bond motifs is 2. The molecule has 0 aliphatic carbocycles. The molecule has 0 radical (unpaired) electrons. The van der Waals surface area contributed by atoms with Crippen LogP contribution in [0.3, 0.4) is 0 Å². The number of carbonyl (C=O) groups is 2. The SMILES string of the molecule is CC(C)N1C(=O)c2ccccc2C(n2c(-c3ccc(C(F)(F)F)cc3)nc3ccccc32)C1=O. The summed E-state index contributed by atoms with van der Waals surface area (Å²) in [5.41, 5.74) is 1.85. The molecule has 0 saturated carbocycles. The first-order valence-corrected chi connectivity index (χ1v) is 10.8. The van der Waals surface area contributed by atoms with Gasteiger partial charge in [-0.1, -0.05) is 42.5 Å². The largest absolute Gasteiger partial charge is 0.416 e. The van der Waals surface area contributed by atoms with Gasteiger partial charge in [-0.05, 0) is 49.7 Å². The van der Waals surface area contributed by atoms with Crippen LogP contribution in [0.15, 0.2) is 72.8 Å². The molecule has 0 fully saturated rings. The number of benzene rings is 3. The Bertz CT molecular complexity index is 1420. The molecule has 1 aromatic heterocycles. The van der Waals surface area contributed by atoms with Crippen molar-refractivity contribution in [1.82, 2.24) is 14.5 Å². The van der Waals surface area contributed by atoms with E-state index in [0.717, 1.165) is 12.1 Å². The van der Waals surface area contributed by atoms with E-state index < -0.39 is 23.7 Å². The van der Waals surface area contributed by atoms with Gasteiger partial charge in [0.2, 0.25) is 0 Å². The van der Waals surface area contributed by atoms with Crippen LogP contribution < -0.4 is 0 Å². The quantitative estimate of drug-likeness (QED) is 0.366. The van der Waals surface area contributed by atoms with Crippen LogP contribution in [-0.4, -0.2) is 32.3 Å². The Morgan fingerprint density at radius 2 is 1.53 bits per heavy atom. The Morgan fingerprint density at radius 3 is 2.21 bits per heavy atom. The molecule has 8 heteroatoms. The molecule has 1 unspecified atom stereocenters. The van der Waals surface area contributed by atoms with Crippen LogP contribution in [0, 0.1) is 0 Å². The minimum absolute atomic E-state index is 0.348. The number of rotatable bonds is 3. The number of hydrogen-bond acceptors (Lipinski definition) is 3. The van der Waals surface area contributed by atoms with Gasteiger partial charge in [-0.15, -0.1) is 0 Å². The molecule has 0 N–H and O–H groups in total. The zero-order valence-corrected chi connectivity index (χ0v) is 18.4. The lowest BCUT2D eigenvalue weighted by atomic mass is 9.92. The molecular formula is C26H20F3N3O2. The summed E-state index contributed by atoms with van der Waals surface area (Å²) in [7, 11) is 0. The number of alkyl halides is 3. The van der Waals surface area contributed by atoms with Crippen molar-refractivity contribution in [3.63, 3.8) is 0 Å². The van der Waals surface area contributed by atoms with Gasteiger partial charge < -0.3 is 4.57 Å².